The van der Waals surface area contributed by atoms with Crippen LogP contribution in [0.3, 0.4) is 0 Å². The summed E-state index contributed by atoms with van der Waals surface area (Å²) in [6.07, 6.45) is -2.39. The van der Waals surface area contributed by atoms with Crippen molar-refractivity contribution in [3.8, 4) is 0 Å². The summed E-state index contributed by atoms with van der Waals surface area (Å²) >= 11 is 0. The second-order valence-corrected chi connectivity index (χ2v) is 8.50. The molecule has 0 aromatic heterocycles. The van der Waals surface area contributed by atoms with Crippen LogP contribution in [0.2, 0.25) is 0 Å². The van der Waals surface area contributed by atoms with Gasteiger partial charge in [-0.1, -0.05) is 12.7 Å². The van der Waals surface area contributed by atoms with Crippen molar-refractivity contribution in [3.05, 3.63) is 35.5 Å². The molecule has 1 N–H and O–H groups in total. The maximum Gasteiger partial charge on any atom is 0.341 e. The van der Waals surface area contributed by atoms with Gasteiger partial charge in [0.05, 0.1) is 30.8 Å². The second-order valence-electron chi connectivity index (χ2n) is 8.50. The van der Waals surface area contributed by atoms with E-state index in [1.807, 2.05) is 0 Å². The van der Waals surface area contributed by atoms with E-state index < -0.39 is 65.9 Å². The van der Waals surface area contributed by atoms with Crippen LogP contribution in [-0.4, -0.2) is 72.2 Å². The third-order valence-corrected chi connectivity index (χ3v) is 6.24. The summed E-state index contributed by atoms with van der Waals surface area (Å²) in [4.78, 5) is 50.1. The lowest BCUT2D eigenvalue weighted by Crippen LogP contribution is -2.48. The number of rotatable bonds is 4. The van der Waals surface area contributed by atoms with Crippen molar-refractivity contribution < 1.29 is 48.0 Å². The molecule has 2 aliphatic heterocycles. The van der Waals surface area contributed by atoms with E-state index in [-0.39, 0.29) is 17.6 Å². The number of fused-ring (bicyclic) bond motifs is 1. The number of carbonyl (C=O) groups is 4. The van der Waals surface area contributed by atoms with E-state index >= 15 is 0 Å². The molecule has 2 heterocycles. The van der Waals surface area contributed by atoms with Gasteiger partial charge < -0.3 is 28.8 Å². The molecule has 0 bridgehead atoms. The normalized spacial score (nSPS) is 39.1. The van der Waals surface area contributed by atoms with Crippen LogP contribution in [0.15, 0.2) is 35.5 Å². The molecule has 2 saturated heterocycles. The molecular formula is C23H28O10. The molecule has 180 valence electrons. The van der Waals surface area contributed by atoms with E-state index in [1.165, 1.54) is 12.2 Å². The van der Waals surface area contributed by atoms with E-state index in [1.54, 1.807) is 20.8 Å². The lowest BCUT2D eigenvalue weighted by Gasteiger charge is -2.34. The first-order valence-electron chi connectivity index (χ1n) is 10.5. The van der Waals surface area contributed by atoms with Crippen molar-refractivity contribution in [2.75, 3.05) is 7.11 Å². The number of carbonyl (C=O) groups excluding carboxylic acids is 4. The average molecular weight is 464 g/mol. The molecule has 3 rings (SSSR count). The van der Waals surface area contributed by atoms with Crippen LogP contribution in [0.4, 0.5) is 0 Å². The molecule has 7 atom stereocenters. The average Bonchev–Trinajstić information content (AvgIpc) is 3.28. The van der Waals surface area contributed by atoms with E-state index in [0.29, 0.717) is 5.57 Å². The molecule has 33 heavy (non-hydrogen) atoms. The van der Waals surface area contributed by atoms with Gasteiger partial charge in [-0.05, 0) is 38.8 Å². The van der Waals surface area contributed by atoms with Gasteiger partial charge in [0.2, 0.25) is 0 Å². The summed E-state index contributed by atoms with van der Waals surface area (Å²) in [5.74, 6) is -4.14. The Morgan fingerprint density at radius 3 is 2.45 bits per heavy atom. The molecule has 3 aliphatic rings. The Morgan fingerprint density at radius 1 is 1.27 bits per heavy atom. The Hall–Kier alpha value is -2.98. The van der Waals surface area contributed by atoms with Gasteiger partial charge in [0.15, 0.2) is 17.8 Å². The van der Waals surface area contributed by atoms with Gasteiger partial charge in [-0.25, -0.2) is 14.4 Å². The Labute approximate surface area is 191 Å². The summed E-state index contributed by atoms with van der Waals surface area (Å²) in [5, 5.41) is 10.5. The van der Waals surface area contributed by atoms with Gasteiger partial charge in [-0.3, -0.25) is 4.79 Å². The Morgan fingerprint density at radius 2 is 1.91 bits per heavy atom. The van der Waals surface area contributed by atoms with Gasteiger partial charge in [0, 0.05) is 12.5 Å². The standard InChI is InChI=1S/C23H28O10/c1-10-9-16-17(11(2)20(26)31-16)19(32-22(28)23(5)12(3)33-23)18(30-13(4)24)14(21(27)29-6)7-8-15(10)25/h7,9,12,15-19,25H,2,8H2,1,3-6H3/b10-9+,14-7+/t12-,15+,16-,17+,18-,19+,23-/m1/s1. The fourth-order valence-electron chi connectivity index (χ4n) is 3.96. The first kappa shape index (κ1) is 24.7. The zero-order chi connectivity index (χ0) is 24.7. The third-order valence-electron chi connectivity index (χ3n) is 6.24. The molecule has 0 aromatic rings. The number of aliphatic hydroxyl groups excluding tert-OH is 1. The number of aliphatic hydroxyl groups is 1. The lowest BCUT2D eigenvalue weighted by atomic mass is 9.83. The van der Waals surface area contributed by atoms with Gasteiger partial charge in [0.25, 0.3) is 0 Å². The number of hydrogen-bond acceptors (Lipinski definition) is 10. The Balaban J connectivity index is 2.17. The van der Waals surface area contributed by atoms with Gasteiger partial charge >= 0.3 is 23.9 Å². The minimum Gasteiger partial charge on any atom is -0.466 e. The molecule has 0 radical (unpaired) electrons. The quantitative estimate of drug-likeness (QED) is 0.210. The minimum atomic E-state index is -1.46. The maximum absolute atomic E-state index is 13.0. The van der Waals surface area contributed by atoms with Crippen molar-refractivity contribution >= 4 is 23.9 Å². The van der Waals surface area contributed by atoms with Crippen LogP contribution in [0.25, 0.3) is 0 Å². The summed E-state index contributed by atoms with van der Waals surface area (Å²) in [5.41, 5.74) is -0.948. The SMILES string of the molecule is C=C1C(=O)O[C@@H]2/C=C(\C)[C@@H](O)C/C=C(/C(=O)OC)[C@@H](OC(C)=O)[C@@H](OC(=O)[C@]3(C)O[C@@H]3C)[C@@H]12. The largest absolute Gasteiger partial charge is 0.466 e. The van der Waals surface area contributed by atoms with Gasteiger partial charge in [-0.15, -0.1) is 0 Å². The maximum atomic E-state index is 13.0. The highest BCUT2D eigenvalue weighted by Gasteiger charge is 2.59. The van der Waals surface area contributed by atoms with Crippen molar-refractivity contribution in [2.24, 2.45) is 5.92 Å². The van der Waals surface area contributed by atoms with Crippen molar-refractivity contribution in [3.63, 3.8) is 0 Å². The number of epoxide rings is 1. The molecule has 0 amide bonds. The summed E-state index contributed by atoms with van der Waals surface area (Å²) in [7, 11) is 1.14. The summed E-state index contributed by atoms with van der Waals surface area (Å²) in [6, 6.07) is 0. The number of esters is 4. The number of ether oxygens (including phenoxy) is 5. The molecular weight excluding hydrogens is 436 g/mol. The molecule has 0 spiro atoms. The van der Waals surface area contributed by atoms with Gasteiger partial charge in [-0.2, -0.15) is 0 Å². The topological polar surface area (TPSA) is 138 Å². The van der Waals surface area contributed by atoms with Crippen molar-refractivity contribution in [2.45, 2.75) is 70.2 Å². The number of hydrogen-bond donors (Lipinski definition) is 1. The highest BCUT2D eigenvalue weighted by molar-refractivity contribution is 5.93. The van der Waals surface area contributed by atoms with Crippen LogP contribution >= 0.6 is 0 Å². The Bertz CT molecular complexity index is 947. The van der Waals surface area contributed by atoms with Gasteiger partial charge in [0.1, 0.15) is 6.10 Å². The van der Waals surface area contributed by atoms with E-state index in [9.17, 15) is 24.3 Å². The molecule has 0 saturated carbocycles. The highest BCUT2D eigenvalue weighted by Crippen LogP contribution is 2.41. The van der Waals surface area contributed by atoms with Crippen LogP contribution < -0.4 is 0 Å². The predicted octanol–water partition coefficient (Wildman–Crippen LogP) is 0.915. The fourth-order valence-corrected chi connectivity index (χ4v) is 3.96. The zero-order valence-electron chi connectivity index (χ0n) is 19.2. The summed E-state index contributed by atoms with van der Waals surface area (Å²) < 4.78 is 26.9. The molecule has 2 fully saturated rings. The van der Waals surface area contributed by atoms with E-state index in [4.69, 9.17) is 23.7 Å². The number of methoxy groups -OCH3 is 1. The van der Waals surface area contributed by atoms with Crippen LogP contribution in [0.5, 0.6) is 0 Å². The first-order chi connectivity index (χ1) is 15.4. The third kappa shape index (κ3) is 4.72. The van der Waals surface area contributed by atoms with Crippen molar-refractivity contribution in [1.82, 2.24) is 0 Å². The highest BCUT2D eigenvalue weighted by atomic mass is 16.7. The Kier molecular flexibility index (Phi) is 6.80. The molecule has 10 nitrogen and oxygen atoms in total. The van der Waals surface area contributed by atoms with E-state index in [0.717, 1.165) is 14.0 Å². The molecule has 10 heteroatoms. The minimum absolute atomic E-state index is 0.0324. The van der Waals surface area contributed by atoms with Crippen molar-refractivity contribution in [1.29, 1.82) is 0 Å². The van der Waals surface area contributed by atoms with E-state index in [2.05, 4.69) is 6.58 Å². The molecule has 1 aliphatic carbocycles. The zero-order valence-corrected chi connectivity index (χ0v) is 19.2. The molecule has 0 unspecified atom stereocenters. The fraction of sp³-hybridized carbons (Fsp3) is 0.565. The lowest BCUT2D eigenvalue weighted by molar-refractivity contribution is -0.173. The molecule has 0 aromatic carbocycles. The first-order valence-corrected chi connectivity index (χ1v) is 10.5. The summed E-state index contributed by atoms with van der Waals surface area (Å²) in [6.45, 7) is 9.77. The monoisotopic (exact) mass is 464 g/mol. The van der Waals surface area contributed by atoms with Crippen LogP contribution in [-0.2, 0) is 42.9 Å². The van der Waals surface area contributed by atoms with Crippen LogP contribution in [0, 0.1) is 5.92 Å². The van der Waals surface area contributed by atoms with Crippen LogP contribution in [0.1, 0.15) is 34.1 Å². The smallest absolute Gasteiger partial charge is 0.341 e. The second kappa shape index (κ2) is 9.11. The predicted molar refractivity (Wildman–Crippen MR) is 111 cm³/mol.